The van der Waals surface area contributed by atoms with Crippen LogP contribution >= 0.6 is 0 Å². The number of methoxy groups -OCH3 is 1. The van der Waals surface area contributed by atoms with Crippen LogP contribution in [0.5, 0.6) is 5.75 Å². The molecule has 0 saturated heterocycles. The normalized spacial score (nSPS) is 28.4. The summed E-state index contributed by atoms with van der Waals surface area (Å²) < 4.78 is 5.53. The first-order valence-corrected chi connectivity index (χ1v) is 8.36. The maximum absolute atomic E-state index is 9.23. The van der Waals surface area contributed by atoms with Gasteiger partial charge in [0.25, 0.3) is 0 Å². The summed E-state index contributed by atoms with van der Waals surface area (Å²) in [6.45, 7) is 0.317. The minimum atomic E-state index is 0.317. The first-order valence-electron chi connectivity index (χ1n) is 8.36. The highest BCUT2D eigenvalue weighted by Gasteiger charge is 2.31. The summed E-state index contributed by atoms with van der Waals surface area (Å²) in [5, 5.41) is 13.1. The highest BCUT2D eigenvalue weighted by molar-refractivity contribution is 5.43. The van der Waals surface area contributed by atoms with E-state index in [-0.39, 0.29) is 0 Å². The minimum absolute atomic E-state index is 0.317. The zero-order valence-corrected chi connectivity index (χ0v) is 13.0. The van der Waals surface area contributed by atoms with Gasteiger partial charge in [0.2, 0.25) is 0 Å². The fraction of sp³-hybridized carbons (Fsp3) is 0.667. The molecule has 116 valence electrons. The number of hydrogen-bond donors (Lipinski definition) is 2. The minimum Gasteiger partial charge on any atom is -0.496 e. The topological polar surface area (TPSA) is 41.5 Å². The lowest BCUT2D eigenvalue weighted by atomic mass is 9.86. The highest BCUT2D eigenvalue weighted by atomic mass is 16.5. The van der Waals surface area contributed by atoms with Gasteiger partial charge in [0.05, 0.1) is 7.11 Å². The van der Waals surface area contributed by atoms with E-state index in [1.54, 1.807) is 7.11 Å². The summed E-state index contributed by atoms with van der Waals surface area (Å²) in [4.78, 5) is 0. The largest absolute Gasteiger partial charge is 0.496 e. The summed E-state index contributed by atoms with van der Waals surface area (Å²) in [6, 6.07) is 7.46. The molecule has 3 heteroatoms. The van der Waals surface area contributed by atoms with E-state index in [1.807, 2.05) is 0 Å². The van der Waals surface area contributed by atoms with E-state index >= 15 is 0 Å². The lowest BCUT2D eigenvalue weighted by Gasteiger charge is -2.32. The van der Waals surface area contributed by atoms with Crippen LogP contribution in [0.15, 0.2) is 18.2 Å². The van der Waals surface area contributed by atoms with Crippen LogP contribution in [0.25, 0.3) is 0 Å². The van der Waals surface area contributed by atoms with Crippen molar-refractivity contribution in [1.29, 1.82) is 0 Å². The second-order valence-corrected chi connectivity index (χ2v) is 6.45. The van der Waals surface area contributed by atoms with Crippen LogP contribution in [0.3, 0.4) is 0 Å². The van der Waals surface area contributed by atoms with E-state index in [9.17, 15) is 5.11 Å². The molecule has 1 fully saturated rings. The first kappa shape index (κ1) is 14.9. The third-order valence-corrected chi connectivity index (χ3v) is 5.26. The van der Waals surface area contributed by atoms with E-state index in [0.717, 1.165) is 18.6 Å². The molecule has 0 unspecified atom stereocenters. The molecule has 1 aromatic rings. The number of rotatable bonds is 5. The average Bonchev–Trinajstić information content (AvgIpc) is 2.94. The van der Waals surface area contributed by atoms with Gasteiger partial charge < -0.3 is 15.2 Å². The third-order valence-electron chi connectivity index (χ3n) is 5.26. The summed E-state index contributed by atoms with van der Waals surface area (Å²) >= 11 is 0. The number of hydrogen-bond acceptors (Lipinski definition) is 3. The standard InChI is InChI=1S/C18H27NO2/c1-21-18-10-4-6-14-15(18)7-3-9-17(14)19-16-8-2-5-13(16)11-12-20/h4,6,10,13,16-17,19-20H,2-3,5,7-9,11-12H2,1H3/t13-,16+,17-/m0/s1. The van der Waals surface area contributed by atoms with Gasteiger partial charge in [-0.25, -0.2) is 0 Å². The number of fused-ring (bicyclic) bond motifs is 1. The molecule has 2 N–H and O–H groups in total. The predicted molar refractivity (Wildman–Crippen MR) is 84.6 cm³/mol. The zero-order valence-electron chi connectivity index (χ0n) is 13.0. The Kier molecular flexibility index (Phi) is 4.81. The van der Waals surface area contributed by atoms with Crippen LogP contribution < -0.4 is 10.1 Å². The van der Waals surface area contributed by atoms with Gasteiger partial charge in [-0.05, 0) is 61.6 Å². The van der Waals surface area contributed by atoms with Crippen molar-refractivity contribution < 1.29 is 9.84 Å². The van der Waals surface area contributed by atoms with Crippen LogP contribution in [0.1, 0.15) is 55.7 Å². The SMILES string of the molecule is COc1cccc2c1CCC[C@@H]2N[C@@H]1CCC[C@H]1CCO. The lowest BCUT2D eigenvalue weighted by Crippen LogP contribution is -2.37. The van der Waals surface area contributed by atoms with Crippen LogP contribution in [-0.4, -0.2) is 24.9 Å². The number of ether oxygens (including phenoxy) is 1. The number of aliphatic hydroxyl groups excluding tert-OH is 1. The van der Waals surface area contributed by atoms with E-state index in [1.165, 1.54) is 43.2 Å². The van der Waals surface area contributed by atoms with Gasteiger partial charge in [0.15, 0.2) is 0 Å². The Morgan fingerprint density at radius 2 is 2.14 bits per heavy atom. The maximum Gasteiger partial charge on any atom is 0.122 e. The molecule has 3 nitrogen and oxygen atoms in total. The average molecular weight is 289 g/mol. The molecule has 1 saturated carbocycles. The quantitative estimate of drug-likeness (QED) is 0.874. The molecule has 0 heterocycles. The molecule has 0 bridgehead atoms. The van der Waals surface area contributed by atoms with Crippen LogP contribution in [0.2, 0.25) is 0 Å². The number of aliphatic hydroxyl groups is 1. The van der Waals surface area contributed by atoms with E-state index in [4.69, 9.17) is 4.74 Å². The summed E-state index contributed by atoms with van der Waals surface area (Å²) in [6.07, 6.45) is 8.30. The van der Waals surface area contributed by atoms with Crippen molar-refractivity contribution in [3.63, 3.8) is 0 Å². The predicted octanol–water partition coefficient (Wildman–Crippen LogP) is 3.21. The molecule has 0 amide bonds. The first-order chi connectivity index (χ1) is 10.3. The molecule has 0 spiro atoms. The van der Waals surface area contributed by atoms with Crippen molar-refractivity contribution >= 4 is 0 Å². The maximum atomic E-state index is 9.23. The zero-order chi connectivity index (χ0) is 14.7. The van der Waals surface area contributed by atoms with Crippen LogP contribution in [0, 0.1) is 5.92 Å². The van der Waals surface area contributed by atoms with Crippen molar-refractivity contribution in [2.75, 3.05) is 13.7 Å². The molecule has 2 aliphatic carbocycles. The molecular weight excluding hydrogens is 262 g/mol. The van der Waals surface area contributed by atoms with Crippen molar-refractivity contribution in [3.8, 4) is 5.75 Å². The Morgan fingerprint density at radius 3 is 2.95 bits per heavy atom. The van der Waals surface area contributed by atoms with Crippen molar-refractivity contribution in [2.45, 2.75) is 57.0 Å². The Labute approximate surface area is 127 Å². The van der Waals surface area contributed by atoms with Crippen molar-refractivity contribution in [3.05, 3.63) is 29.3 Å². The highest BCUT2D eigenvalue weighted by Crippen LogP contribution is 2.37. The molecule has 0 radical (unpaired) electrons. The summed E-state index contributed by atoms with van der Waals surface area (Å²) in [7, 11) is 1.76. The van der Waals surface area contributed by atoms with Gasteiger partial charge >= 0.3 is 0 Å². The van der Waals surface area contributed by atoms with E-state index in [2.05, 4.69) is 23.5 Å². The second-order valence-electron chi connectivity index (χ2n) is 6.45. The monoisotopic (exact) mass is 289 g/mol. The van der Waals surface area contributed by atoms with Gasteiger partial charge in [0, 0.05) is 18.7 Å². The molecule has 3 atom stereocenters. The molecule has 0 aliphatic heterocycles. The van der Waals surface area contributed by atoms with Gasteiger partial charge in [-0.15, -0.1) is 0 Å². The lowest BCUT2D eigenvalue weighted by molar-refractivity contribution is 0.233. The fourth-order valence-corrected chi connectivity index (χ4v) is 4.21. The smallest absolute Gasteiger partial charge is 0.122 e. The molecule has 2 aliphatic rings. The summed E-state index contributed by atoms with van der Waals surface area (Å²) in [5.74, 6) is 1.68. The van der Waals surface area contributed by atoms with Gasteiger partial charge in [0.1, 0.15) is 5.75 Å². The van der Waals surface area contributed by atoms with Crippen molar-refractivity contribution in [1.82, 2.24) is 5.32 Å². The summed E-state index contributed by atoms with van der Waals surface area (Å²) in [5.41, 5.74) is 2.82. The molecule has 1 aromatic carbocycles. The Bertz CT molecular complexity index is 474. The second kappa shape index (κ2) is 6.80. The Morgan fingerprint density at radius 1 is 1.24 bits per heavy atom. The molecule has 0 aromatic heterocycles. The fourth-order valence-electron chi connectivity index (χ4n) is 4.21. The van der Waals surface area contributed by atoms with Gasteiger partial charge in [-0.2, -0.15) is 0 Å². The third kappa shape index (κ3) is 3.09. The van der Waals surface area contributed by atoms with Gasteiger partial charge in [-0.1, -0.05) is 18.6 Å². The number of nitrogens with one attached hydrogen (secondary N) is 1. The van der Waals surface area contributed by atoms with Crippen LogP contribution in [0.4, 0.5) is 0 Å². The molecular formula is C18H27NO2. The van der Waals surface area contributed by atoms with E-state index < -0.39 is 0 Å². The molecule has 21 heavy (non-hydrogen) atoms. The van der Waals surface area contributed by atoms with Crippen LogP contribution in [-0.2, 0) is 6.42 Å². The Balaban J connectivity index is 1.76. The Hall–Kier alpha value is -1.06. The number of benzene rings is 1. The molecule has 3 rings (SSSR count). The van der Waals surface area contributed by atoms with Crippen molar-refractivity contribution in [2.24, 2.45) is 5.92 Å². The van der Waals surface area contributed by atoms with Gasteiger partial charge in [-0.3, -0.25) is 0 Å². The van der Waals surface area contributed by atoms with E-state index in [0.29, 0.717) is 24.6 Å².